The molecule has 46 heavy (non-hydrogen) atoms. The molecule has 0 saturated carbocycles. The van der Waals surface area contributed by atoms with Crippen LogP contribution in [0.1, 0.15) is 12.8 Å². The Morgan fingerprint density at radius 3 is 1.89 bits per heavy atom. The number of anilines is 2. The molecular weight excluding hydrogens is 578 g/mol. The van der Waals surface area contributed by atoms with Crippen LogP contribution in [-0.4, -0.2) is 64.0 Å². The highest BCUT2D eigenvalue weighted by Gasteiger charge is 2.18. The van der Waals surface area contributed by atoms with Gasteiger partial charge in [0.15, 0.2) is 10.9 Å². The largest absolute Gasteiger partial charge is 0.497 e. The van der Waals surface area contributed by atoms with Crippen LogP contribution >= 0.6 is 0 Å². The molecule has 10 nitrogen and oxygen atoms in total. The van der Waals surface area contributed by atoms with E-state index in [1.807, 2.05) is 69.5 Å². The molecular formula is C36H33N7O3. The lowest BCUT2D eigenvalue weighted by atomic mass is 10.1. The molecule has 10 heteroatoms. The third-order valence-electron chi connectivity index (χ3n) is 9.05. The molecule has 0 fully saturated rings. The Bertz CT molecular complexity index is 2500. The van der Waals surface area contributed by atoms with Gasteiger partial charge in [-0.2, -0.15) is 0 Å². The van der Waals surface area contributed by atoms with E-state index in [0.717, 1.165) is 83.5 Å². The Balaban J connectivity index is 0.905. The molecule has 0 amide bonds. The van der Waals surface area contributed by atoms with Crippen LogP contribution in [0.5, 0.6) is 5.75 Å². The summed E-state index contributed by atoms with van der Waals surface area (Å²) in [6.45, 7) is 3.29. The Kier molecular flexibility index (Phi) is 6.79. The minimum Gasteiger partial charge on any atom is -0.497 e. The smallest absolute Gasteiger partial charge is 0.199 e. The van der Waals surface area contributed by atoms with Crippen molar-refractivity contribution in [1.82, 2.24) is 23.7 Å². The van der Waals surface area contributed by atoms with Gasteiger partial charge in [0.1, 0.15) is 18.4 Å². The van der Waals surface area contributed by atoms with Gasteiger partial charge in [-0.25, -0.2) is 9.97 Å². The molecule has 0 spiro atoms. The molecule has 2 N–H and O–H groups in total. The molecule has 0 radical (unpaired) electrons. The Labute approximate surface area is 263 Å². The summed E-state index contributed by atoms with van der Waals surface area (Å²) in [6, 6.07) is 21.1. The molecule has 4 aromatic heterocycles. The van der Waals surface area contributed by atoms with Crippen molar-refractivity contribution in [2.75, 3.05) is 51.0 Å². The summed E-state index contributed by atoms with van der Waals surface area (Å²) in [6.07, 6.45) is 5.41. The molecule has 0 aliphatic carbocycles. The average molecular weight is 612 g/mol. The van der Waals surface area contributed by atoms with Crippen LogP contribution in [0.25, 0.3) is 54.6 Å². The third kappa shape index (κ3) is 4.44. The monoisotopic (exact) mass is 611 g/mol. The normalized spacial score (nSPS) is 12.2. The van der Waals surface area contributed by atoms with Crippen molar-refractivity contribution in [3.8, 4) is 5.75 Å². The summed E-state index contributed by atoms with van der Waals surface area (Å²) in [4.78, 5) is 38.6. The van der Waals surface area contributed by atoms with Gasteiger partial charge in [-0.05, 0) is 87.6 Å². The van der Waals surface area contributed by atoms with Crippen LogP contribution in [0.4, 0.5) is 11.4 Å². The van der Waals surface area contributed by atoms with Gasteiger partial charge in [0.2, 0.25) is 0 Å². The average Bonchev–Trinajstić information content (AvgIpc) is 3.72. The molecule has 8 aromatic rings. The first kappa shape index (κ1) is 28.0. The minimum absolute atomic E-state index is 0.0247. The number of ether oxygens (including phenoxy) is 1. The van der Waals surface area contributed by atoms with E-state index in [2.05, 4.69) is 32.5 Å². The number of imidazole rings is 2. The van der Waals surface area contributed by atoms with E-state index in [9.17, 15) is 9.59 Å². The highest BCUT2D eigenvalue weighted by molar-refractivity contribution is 6.08. The molecule has 4 aromatic carbocycles. The van der Waals surface area contributed by atoms with Crippen LogP contribution in [0.3, 0.4) is 0 Å². The quantitative estimate of drug-likeness (QED) is 0.147. The molecule has 4 heterocycles. The van der Waals surface area contributed by atoms with Crippen molar-refractivity contribution in [3.63, 3.8) is 0 Å². The van der Waals surface area contributed by atoms with Crippen LogP contribution < -0.4 is 26.2 Å². The highest BCUT2D eigenvalue weighted by Crippen LogP contribution is 2.30. The lowest BCUT2D eigenvalue weighted by Gasteiger charge is -2.18. The summed E-state index contributed by atoms with van der Waals surface area (Å²) >= 11 is 0. The predicted molar refractivity (Wildman–Crippen MR) is 186 cm³/mol. The zero-order valence-corrected chi connectivity index (χ0v) is 25.7. The summed E-state index contributed by atoms with van der Waals surface area (Å²) in [5, 5.41) is 9.68. The van der Waals surface area contributed by atoms with E-state index in [0.29, 0.717) is 27.3 Å². The van der Waals surface area contributed by atoms with Gasteiger partial charge >= 0.3 is 0 Å². The van der Waals surface area contributed by atoms with Crippen molar-refractivity contribution in [3.05, 3.63) is 99.8 Å². The van der Waals surface area contributed by atoms with E-state index in [-0.39, 0.29) is 10.9 Å². The van der Waals surface area contributed by atoms with E-state index in [1.54, 1.807) is 25.8 Å². The van der Waals surface area contributed by atoms with Gasteiger partial charge in [-0.3, -0.25) is 18.4 Å². The number of rotatable bonds is 11. The van der Waals surface area contributed by atoms with Crippen LogP contribution in [0.2, 0.25) is 0 Å². The van der Waals surface area contributed by atoms with E-state index >= 15 is 0 Å². The molecule has 0 aliphatic rings. The fraction of sp³-hybridized carbons (Fsp3) is 0.222. The Hall–Kier alpha value is -5.48. The summed E-state index contributed by atoms with van der Waals surface area (Å²) in [5.41, 5.74) is 6.68. The maximum absolute atomic E-state index is 13.7. The maximum atomic E-state index is 13.7. The van der Waals surface area contributed by atoms with E-state index < -0.39 is 0 Å². The number of methoxy groups -OCH3 is 1. The number of hydrogen-bond donors (Lipinski definition) is 2. The number of benzene rings is 4. The van der Waals surface area contributed by atoms with Crippen LogP contribution in [0, 0.1) is 0 Å². The first-order valence-corrected chi connectivity index (χ1v) is 15.6. The van der Waals surface area contributed by atoms with Crippen molar-refractivity contribution in [1.29, 1.82) is 0 Å². The predicted octanol–water partition coefficient (Wildman–Crippen LogP) is 5.44. The lowest BCUT2D eigenvalue weighted by molar-refractivity contribution is 0.331. The summed E-state index contributed by atoms with van der Waals surface area (Å²) in [7, 11) is 3.73. The van der Waals surface area contributed by atoms with Gasteiger partial charge in [-0.15, -0.1) is 0 Å². The van der Waals surface area contributed by atoms with Gasteiger partial charge in [0.05, 0.1) is 56.4 Å². The van der Waals surface area contributed by atoms with Crippen molar-refractivity contribution >= 4 is 66.0 Å². The van der Waals surface area contributed by atoms with Gasteiger partial charge in [-0.1, -0.05) is 12.1 Å². The Morgan fingerprint density at radius 1 is 0.717 bits per heavy atom. The minimum atomic E-state index is -0.0247. The molecule has 0 aliphatic heterocycles. The molecule has 230 valence electrons. The van der Waals surface area contributed by atoms with Crippen molar-refractivity contribution in [2.24, 2.45) is 0 Å². The number of pyridine rings is 2. The van der Waals surface area contributed by atoms with Crippen molar-refractivity contribution in [2.45, 2.75) is 12.8 Å². The number of hydrogen-bond acceptors (Lipinski definition) is 8. The summed E-state index contributed by atoms with van der Waals surface area (Å²) < 4.78 is 9.39. The van der Waals surface area contributed by atoms with Crippen LogP contribution in [0.15, 0.2) is 89.0 Å². The molecule has 8 rings (SSSR count). The zero-order valence-electron chi connectivity index (χ0n) is 25.7. The fourth-order valence-electron chi connectivity index (χ4n) is 6.77. The molecule has 0 saturated heterocycles. The van der Waals surface area contributed by atoms with Gasteiger partial charge < -0.3 is 20.3 Å². The standard InChI is InChI=1S/C36H33N7O3/c1-41(17-5-15-37-25-10-12-27-33-31(25)35(44)23-7-3-4-8-29(23)42(33)20-39-27)18-6-16-38-26-11-13-28-34-32(26)36(45)24-19-22(46-2)9-14-30(24)43(34)21-40-28/h3-4,7-14,19-21,37-38H,5-6,15-18H2,1-2H3. The van der Waals surface area contributed by atoms with Gasteiger partial charge in [0, 0.05) is 29.9 Å². The maximum Gasteiger partial charge on any atom is 0.199 e. The lowest BCUT2D eigenvalue weighted by Crippen LogP contribution is -2.24. The van der Waals surface area contributed by atoms with E-state index in [4.69, 9.17) is 4.74 Å². The number of para-hydroxylation sites is 1. The highest BCUT2D eigenvalue weighted by atomic mass is 16.5. The SMILES string of the molecule is COc1ccc2c(c1)c(=O)c1c(NCCCN(C)CCCNc3ccc4ncn5c6ccccc6c(=O)c3c45)ccc3ncn2c31. The number of nitrogens with one attached hydrogen (secondary N) is 2. The molecule has 0 bridgehead atoms. The van der Waals surface area contributed by atoms with Crippen molar-refractivity contribution < 1.29 is 4.74 Å². The number of nitrogens with zero attached hydrogens (tertiary/aromatic N) is 5. The van der Waals surface area contributed by atoms with Gasteiger partial charge in [0.25, 0.3) is 0 Å². The summed E-state index contributed by atoms with van der Waals surface area (Å²) in [5.74, 6) is 0.651. The molecule has 0 unspecified atom stereocenters. The second-order valence-corrected chi connectivity index (χ2v) is 11.9. The third-order valence-corrected chi connectivity index (χ3v) is 9.05. The molecule has 0 atom stereocenters. The second-order valence-electron chi connectivity index (χ2n) is 11.9. The van der Waals surface area contributed by atoms with E-state index in [1.165, 1.54) is 0 Å². The number of aromatic nitrogens is 4. The zero-order chi connectivity index (χ0) is 31.4. The fourth-order valence-corrected chi connectivity index (χ4v) is 6.77. The first-order chi connectivity index (χ1) is 22.5. The van der Waals surface area contributed by atoms with Crippen LogP contribution in [-0.2, 0) is 0 Å². The number of fused-ring (bicyclic) bond motifs is 4. The Morgan fingerprint density at radius 2 is 1.28 bits per heavy atom. The topological polar surface area (TPSA) is 105 Å². The first-order valence-electron chi connectivity index (χ1n) is 15.6. The second kappa shape index (κ2) is 11.1.